The fourth-order valence-corrected chi connectivity index (χ4v) is 1.86. The summed E-state index contributed by atoms with van der Waals surface area (Å²) >= 11 is 3.54. The summed E-state index contributed by atoms with van der Waals surface area (Å²) in [7, 11) is 4.21. The minimum absolute atomic E-state index is 0.541. The molecular formula is C9H14BrN. The van der Waals surface area contributed by atoms with Gasteiger partial charge in [-0.25, -0.2) is 0 Å². The molecule has 0 aromatic carbocycles. The maximum absolute atomic E-state index is 3.54. The van der Waals surface area contributed by atoms with Gasteiger partial charge in [0.25, 0.3) is 0 Å². The number of rotatable bonds is 2. The van der Waals surface area contributed by atoms with E-state index in [2.05, 4.69) is 54.0 Å². The maximum Gasteiger partial charge on any atom is 0.0290 e. The molecule has 0 N–H and O–H groups in total. The average Bonchev–Trinajstić information content (AvgIpc) is 2.33. The summed E-state index contributed by atoms with van der Waals surface area (Å²) in [4.78, 5) is 2.23. The van der Waals surface area contributed by atoms with Crippen LogP contribution in [0.4, 0.5) is 0 Å². The predicted octanol–water partition coefficient (Wildman–Crippen LogP) is 2.55. The van der Waals surface area contributed by atoms with Gasteiger partial charge >= 0.3 is 0 Å². The maximum atomic E-state index is 3.54. The zero-order valence-corrected chi connectivity index (χ0v) is 8.85. The fourth-order valence-electron chi connectivity index (χ4n) is 1.18. The van der Waals surface area contributed by atoms with E-state index in [1.807, 2.05) is 0 Å². The van der Waals surface area contributed by atoms with Gasteiger partial charge in [-0.1, -0.05) is 28.1 Å². The topological polar surface area (TPSA) is 3.24 Å². The van der Waals surface area contributed by atoms with Gasteiger partial charge < -0.3 is 4.90 Å². The molecule has 1 atom stereocenters. The molecule has 0 bridgehead atoms. The Bertz CT molecular complexity index is 204. The molecule has 0 spiro atoms. The van der Waals surface area contributed by atoms with E-state index in [1.165, 1.54) is 10.1 Å². The Kier molecular flexibility index (Phi) is 2.90. The molecule has 0 saturated heterocycles. The van der Waals surface area contributed by atoms with Crippen LogP contribution < -0.4 is 0 Å². The summed E-state index contributed by atoms with van der Waals surface area (Å²) in [5.74, 6) is 0. The molecule has 0 unspecified atom stereocenters. The fraction of sp³-hybridized carbons (Fsp3) is 0.556. The number of likely N-dealkylation sites (N-methyl/N-ethyl adjacent to an activating group) is 1. The summed E-state index contributed by atoms with van der Waals surface area (Å²) in [5, 5.41) is 0. The molecule has 1 aliphatic rings. The van der Waals surface area contributed by atoms with Crippen LogP contribution in [-0.4, -0.2) is 25.0 Å². The first-order valence-corrected chi connectivity index (χ1v) is 4.63. The molecular weight excluding hydrogens is 202 g/mol. The third-order valence-corrected chi connectivity index (χ3v) is 2.96. The summed E-state index contributed by atoms with van der Waals surface area (Å²) in [6.07, 6.45) is 5.43. The van der Waals surface area contributed by atoms with Crippen LogP contribution in [0.15, 0.2) is 22.2 Å². The van der Waals surface area contributed by atoms with Crippen molar-refractivity contribution in [3.63, 3.8) is 0 Å². The number of hydrogen-bond acceptors (Lipinski definition) is 1. The molecule has 1 rings (SSSR count). The van der Waals surface area contributed by atoms with Crippen molar-refractivity contribution in [3.8, 4) is 0 Å². The molecule has 0 heterocycles. The van der Waals surface area contributed by atoms with Gasteiger partial charge in [0.1, 0.15) is 0 Å². The van der Waals surface area contributed by atoms with Gasteiger partial charge in [0.15, 0.2) is 0 Å². The zero-order chi connectivity index (χ0) is 8.43. The molecule has 0 saturated carbocycles. The molecule has 0 aromatic heterocycles. The molecule has 0 aromatic rings. The third-order valence-electron chi connectivity index (χ3n) is 2.19. The van der Waals surface area contributed by atoms with Crippen LogP contribution >= 0.6 is 15.9 Å². The van der Waals surface area contributed by atoms with Gasteiger partial charge in [-0.3, -0.25) is 0 Å². The summed E-state index contributed by atoms with van der Waals surface area (Å²) in [5.41, 5.74) is 1.48. The first-order valence-electron chi connectivity index (χ1n) is 3.84. The van der Waals surface area contributed by atoms with Crippen molar-refractivity contribution in [2.75, 3.05) is 14.1 Å². The minimum atomic E-state index is 0.541. The SMILES string of the molecule is C[C@H](C1=C(Br)C=CC1)N(C)C. The third kappa shape index (κ3) is 1.94. The van der Waals surface area contributed by atoms with Crippen molar-refractivity contribution in [2.24, 2.45) is 0 Å². The lowest BCUT2D eigenvalue weighted by molar-refractivity contribution is 0.348. The quantitative estimate of drug-likeness (QED) is 0.685. The van der Waals surface area contributed by atoms with Crippen LogP contribution in [0.5, 0.6) is 0 Å². The average molecular weight is 216 g/mol. The molecule has 11 heavy (non-hydrogen) atoms. The van der Waals surface area contributed by atoms with E-state index in [4.69, 9.17) is 0 Å². The van der Waals surface area contributed by atoms with Crippen molar-refractivity contribution < 1.29 is 0 Å². The van der Waals surface area contributed by atoms with E-state index >= 15 is 0 Å². The smallest absolute Gasteiger partial charge is 0.0290 e. The van der Waals surface area contributed by atoms with Crippen molar-refractivity contribution >= 4 is 15.9 Å². The van der Waals surface area contributed by atoms with Gasteiger partial charge in [-0.05, 0) is 33.0 Å². The Labute approximate surface area is 76.9 Å². The monoisotopic (exact) mass is 215 g/mol. The molecule has 0 fully saturated rings. The van der Waals surface area contributed by atoms with Crippen molar-refractivity contribution in [2.45, 2.75) is 19.4 Å². The number of nitrogens with zero attached hydrogens (tertiary/aromatic N) is 1. The molecule has 0 amide bonds. The van der Waals surface area contributed by atoms with Crippen LogP contribution in [-0.2, 0) is 0 Å². The van der Waals surface area contributed by atoms with Gasteiger partial charge in [0, 0.05) is 10.5 Å². The van der Waals surface area contributed by atoms with Gasteiger partial charge in [0.2, 0.25) is 0 Å². The second-order valence-electron chi connectivity index (χ2n) is 3.12. The summed E-state index contributed by atoms with van der Waals surface area (Å²) < 4.78 is 1.26. The highest BCUT2D eigenvalue weighted by Gasteiger charge is 2.15. The molecule has 0 radical (unpaired) electrons. The highest BCUT2D eigenvalue weighted by Crippen LogP contribution is 2.27. The Hall–Kier alpha value is -0.0800. The van der Waals surface area contributed by atoms with Crippen LogP contribution in [0, 0.1) is 0 Å². The summed E-state index contributed by atoms with van der Waals surface area (Å²) in [6, 6.07) is 0.541. The molecule has 62 valence electrons. The van der Waals surface area contributed by atoms with E-state index in [0.29, 0.717) is 6.04 Å². The molecule has 2 heteroatoms. The Balaban J connectivity index is 2.69. The lowest BCUT2D eigenvalue weighted by Gasteiger charge is -2.21. The van der Waals surface area contributed by atoms with Crippen LogP contribution in [0.25, 0.3) is 0 Å². The minimum Gasteiger partial charge on any atom is -0.303 e. The van der Waals surface area contributed by atoms with E-state index in [9.17, 15) is 0 Å². The van der Waals surface area contributed by atoms with Gasteiger partial charge in [-0.2, -0.15) is 0 Å². The van der Waals surface area contributed by atoms with E-state index < -0.39 is 0 Å². The predicted molar refractivity (Wildman–Crippen MR) is 52.9 cm³/mol. The Morgan fingerprint density at radius 3 is 2.55 bits per heavy atom. The Morgan fingerprint density at radius 2 is 2.18 bits per heavy atom. The number of hydrogen-bond donors (Lipinski definition) is 0. The zero-order valence-electron chi connectivity index (χ0n) is 7.26. The van der Waals surface area contributed by atoms with Crippen molar-refractivity contribution in [1.82, 2.24) is 4.90 Å². The standard InChI is InChI=1S/C9H14BrN/c1-7(11(2)3)8-5-4-6-9(8)10/h4,6-7H,5H2,1-3H3/t7-/m1/s1. The second-order valence-corrected chi connectivity index (χ2v) is 3.97. The largest absolute Gasteiger partial charge is 0.303 e. The van der Waals surface area contributed by atoms with Crippen molar-refractivity contribution in [3.05, 3.63) is 22.2 Å². The normalized spacial score (nSPS) is 20.1. The van der Waals surface area contributed by atoms with E-state index in [-0.39, 0.29) is 0 Å². The summed E-state index contributed by atoms with van der Waals surface area (Å²) in [6.45, 7) is 2.23. The lowest BCUT2D eigenvalue weighted by Crippen LogP contribution is -2.26. The lowest BCUT2D eigenvalue weighted by atomic mass is 10.1. The second kappa shape index (κ2) is 3.55. The number of allylic oxidation sites excluding steroid dienone is 3. The van der Waals surface area contributed by atoms with Gasteiger partial charge in [-0.15, -0.1) is 0 Å². The van der Waals surface area contributed by atoms with Crippen LogP contribution in [0.2, 0.25) is 0 Å². The van der Waals surface area contributed by atoms with E-state index in [1.54, 1.807) is 0 Å². The van der Waals surface area contributed by atoms with Crippen LogP contribution in [0.1, 0.15) is 13.3 Å². The Morgan fingerprint density at radius 1 is 1.55 bits per heavy atom. The highest BCUT2D eigenvalue weighted by molar-refractivity contribution is 9.11. The number of halogens is 1. The van der Waals surface area contributed by atoms with Gasteiger partial charge in [0.05, 0.1) is 0 Å². The van der Waals surface area contributed by atoms with E-state index in [0.717, 1.165) is 6.42 Å². The molecule has 1 aliphatic carbocycles. The van der Waals surface area contributed by atoms with Crippen molar-refractivity contribution in [1.29, 1.82) is 0 Å². The highest BCUT2D eigenvalue weighted by atomic mass is 79.9. The molecule has 0 aliphatic heterocycles. The first kappa shape index (κ1) is 9.01. The first-order chi connectivity index (χ1) is 5.13. The molecule has 1 nitrogen and oxygen atoms in total. The van der Waals surface area contributed by atoms with Crippen LogP contribution in [0.3, 0.4) is 0 Å².